The van der Waals surface area contributed by atoms with Crippen molar-refractivity contribution in [1.82, 2.24) is 9.55 Å². The Bertz CT molecular complexity index is 1020. The Balaban J connectivity index is 1.75. The summed E-state index contributed by atoms with van der Waals surface area (Å²) in [5, 5.41) is 2.78. The van der Waals surface area contributed by atoms with Gasteiger partial charge in [-0.15, -0.1) is 0 Å². The van der Waals surface area contributed by atoms with Gasteiger partial charge in [0.25, 0.3) is 0 Å². The van der Waals surface area contributed by atoms with Gasteiger partial charge in [0.15, 0.2) is 11.9 Å². The minimum absolute atomic E-state index is 0.000855. The number of anilines is 2. The van der Waals surface area contributed by atoms with E-state index in [1.165, 1.54) is 12.1 Å². The lowest BCUT2D eigenvalue weighted by molar-refractivity contribution is -0.147. The van der Waals surface area contributed by atoms with E-state index in [1.807, 2.05) is 0 Å². The number of hydrogen-bond acceptors (Lipinski definition) is 6. The van der Waals surface area contributed by atoms with Gasteiger partial charge in [-0.05, 0) is 12.1 Å². The zero-order valence-electron chi connectivity index (χ0n) is 15.2. The first kappa shape index (κ1) is 19.8. The van der Waals surface area contributed by atoms with Crippen molar-refractivity contribution < 1.29 is 36.6 Å². The average molecular weight is 429 g/mol. The maximum atomic E-state index is 15.0. The first-order valence-electron chi connectivity index (χ1n) is 8.75. The quantitative estimate of drug-likeness (QED) is 0.718. The molecule has 1 fully saturated rings. The molecule has 9 nitrogen and oxygen atoms in total. The lowest BCUT2D eigenvalue weighted by Gasteiger charge is -2.21. The second-order valence-electron chi connectivity index (χ2n) is 6.59. The molecule has 1 aromatic heterocycles. The fourth-order valence-electron chi connectivity index (χ4n) is 3.25. The first-order chi connectivity index (χ1) is 14.2. The number of carbonyl (C=O) groups excluding carboxylic acids is 2. The van der Waals surface area contributed by atoms with Gasteiger partial charge in [-0.25, -0.2) is 14.7 Å². The van der Waals surface area contributed by atoms with Crippen LogP contribution in [0.4, 0.5) is 33.9 Å². The maximum absolute atomic E-state index is 15.0. The van der Waals surface area contributed by atoms with Gasteiger partial charge in [-0.1, -0.05) is 0 Å². The van der Waals surface area contributed by atoms with E-state index in [-0.39, 0.29) is 36.2 Å². The molecule has 4 rings (SSSR count). The number of imidazole rings is 1. The second-order valence-corrected chi connectivity index (χ2v) is 6.59. The van der Waals surface area contributed by atoms with Gasteiger partial charge < -0.3 is 20.5 Å². The number of fused-ring (bicyclic) bond motifs is 3. The van der Waals surface area contributed by atoms with Crippen LogP contribution in [0.25, 0.3) is 11.4 Å². The number of halogens is 4. The predicted molar refractivity (Wildman–Crippen MR) is 94.5 cm³/mol. The van der Waals surface area contributed by atoms with E-state index in [2.05, 4.69) is 15.0 Å². The SMILES string of the molecule is NC(=O)CNc1ccc2c(c1)OCCn1c-2nc(N2C(=O)OCC2C(F)(F)F)c1F. The Kier molecular flexibility index (Phi) is 4.67. The van der Waals surface area contributed by atoms with Crippen molar-refractivity contribution >= 4 is 23.5 Å². The molecule has 2 amide bonds. The number of cyclic esters (lactones) is 1. The molecule has 160 valence electrons. The second kappa shape index (κ2) is 7.07. The smallest absolute Gasteiger partial charge is 0.416 e. The number of nitrogens with two attached hydrogens (primary N) is 1. The number of aromatic nitrogens is 2. The largest absolute Gasteiger partial charge is 0.491 e. The minimum atomic E-state index is -4.82. The summed E-state index contributed by atoms with van der Waals surface area (Å²) in [6, 6.07) is 2.25. The van der Waals surface area contributed by atoms with Crippen molar-refractivity contribution in [3.05, 3.63) is 24.1 Å². The van der Waals surface area contributed by atoms with Gasteiger partial charge in [-0.3, -0.25) is 9.36 Å². The molecule has 2 aliphatic rings. The zero-order valence-corrected chi connectivity index (χ0v) is 15.2. The molecule has 1 saturated heterocycles. The summed E-state index contributed by atoms with van der Waals surface area (Å²) >= 11 is 0. The van der Waals surface area contributed by atoms with Gasteiger partial charge in [0.05, 0.1) is 18.7 Å². The summed E-state index contributed by atoms with van der Waals surface area (Å²) in [4.78, 5) is 27.0. The highest BCUT2D eigenvalue weighted by molar-refractivity contribution is 5.90. The van der Waals surface area contributed by atoms with Crippen molar-refractivity contribution in [2.45, 2.75) is 18.8 Å². The van der Waals surface area contributed by atoms with Gasteiger partial charge in [-0.2, -0.15) is 17.6 Å². The Morgan fingerprint density at radius 1 is 1.33 bits per heavy atom. The average Bonchev–Trinajstić information content (AvgIpc) is 3.14. The number of nitrogens with zero attached hydrogens (tertiary/aromatic N) is 3. The summed E-state index contributed by atoms with van der Waals surface area (Å²) in [7, 11) is 0. The number of carbonyl (C=O) groups is 2. The van der Waals surface area contributed by atoms with E-state index in [0.29, 0.717) is 11.3 Å². The van der Waals surface area contributed by atoms with E-state index in [1.54, 1.807) is 6.07 Å². The molecule has 13 heteroatoms. The van der Waals surface area contributed by atoms with Crippen LogP contribution in [0.2, 0.25) is 0 Å². The van der Waals surface area contributed by atoms with E-state index in [0.717, 1.165) is 4.57 Å². The van der Waals surface area contributed by atoms with Crippen molar-refractivity contribution in [3.63, 3.8) is 0 Å². The number of alkyl halides is 3. The summed E-state index contributed by atoms with van der Waals surface area (Å²) in [5.41, 5.74) is 5.89. The monoisotopic (exact) mass is 429 g/mol. The number of ether oxygens (including phenoxy) is 2. The highest BCUT2D eigenvalue weighted by Gasteiger charge is 2.53. The molecular weight excluding hydrogens is 414 g/mol. The third-order valence-corrected chi connectivity index (χ3v) is 4.63. The van der Waals surface area contributed by atoms with Crippen LogP contribution in [0.1, 0.15) is 0 Å². The molecule has 0 saturated carbocycles. The number of nitrogens with one attached hydrogen (secondary N) is 1. The topological polar surface area (TPSA) is 112 Å². The molecule has 30 heavy (non-hydrogen) atoms. The van der Waals surface area contributed by atoms with Crippen molar-refractivity contribution in [1.29, 1.82) is 0 Å². The van der Waals surface area contributed by atoms with Crippen LogP contribution in [0.15, 0.2) is 18.2 Å². The Hall–Kier alpha value is -3.51. The van der Waals surface area contributed by atoms with Gasteiger partial charge in [0, 0.05) is 11.8 Å². The molecule has 1 unspecified atom stereocenters. The number of hydrogen-bond donors (Lipinski definition) is 2. The molecular formula is C17H15F4N5O4. The lowest BCUT2D eigenvalue weighted by atomic mass is 10.1. The minimum Gasteiger partial charge on any atom is -0.491 e. The fourth-order valence-corrected chi connectivity index (χ4v) is 3.25. The predicted octanol–water partition coefficient (Wildman–Crippen LogP) is 1.87. The molecule has 0 spiro atoms. The van der Waals surface area contributed by atoms with Crippen LogP contribution in [-0.4, -0.2) is 53.5 Å². The highest BCUT2D eigenvalue weighted by Crippen LogP contribution is 2.39. The lowest BCUT2D eigenvalue weighted by Crippen LogP contribution is -2.45. The fraction of sp³-hybridized carbons (Fsp3) is 0.353. The number of rotatable bonds is 4. The molecule has 2 aromatic rings. The summed E-state index contributed by atoms with van der Waals surface area (Å²) < 4.78 is 66.0. The van der Waals surface area contributed by atoms with Gasteiger partial charge in [0.1, 0.15) is 24.8 Å². The summed E-state index contributed by atoms with van der Waals surface area (Å²) in [6.45, 7) is -1.12. The molecule has 0 bridgehead atoms. The normalized spacial score (nSPS) is 18.2. The Labute approximate surface area is 166 Å². The van der Waals surface area contributed by atoms with Gasteiger partial charge in [0.2, 0.25) is 11.9 Å². The Morgan fingerprint density at radius 3 is 2.80 bits per heavy atom. The number of primary amides is 1. The van der Waals surface area contributed by atoms with E-state index < -0.39 is 42.6 Å². The number of benzene rings is 1. The molecule has 1 atom stereocenters. The third-order valence-electron chi connectivity index (χ3n) is 4.63. The summed E-state index contributed by atoms with van der Waals surface area (Å²) in [5.74, 6) is -2.18. The van der Waals surface area contributed by atoms with Crippen molar-refractivity contribution in [2.75, 3.05) is 30.0 Å². The standard InChI is InChI=1S/C17H15F4N5O4/c18-13-15(26-11(17(19,20)21)7-30-16(26)28)24-14-9-2-1-8(23-6-12(22)27)5-10(9)29-4-3-25(13)14/h1-2,5,11,23H,3-4,6-7H2,(H2,22,27). The van der Waals surface area contributed by atoms with Crippen LogP contribution < -0.4 is 20.7 Å². The highest BCUT2D eigenvalue weighted by atomic mass is 19.4. The molecule has 0 aliphatic carbocycles. The third kappa shape index (κ3) is 3.35. The van der Waals surface area contributed by atoms with E-state index in [4.69, 9.17) is 10.5 Å². The Morgan fingerprint density at radius 2 is 2.10 bits per heavy atom. The number of amides is 2. The van der Waals surface area contributed by atoms with E-state index >= 15 is 4.39 Å². The van der Waals surface area contributed by atoms with E-state index in [9.17, 15) is 22.8 Å². The van der Waals surface area contributed by atoms with Crippen LogP contribution >= 0.6 is 0 Å². The van der Waals surface area contributed by atoms with Crippen molar-refractivity contribution in [2.24, 2.45) is 5.73 Å². The van der Waals surface area contributed by atoms with Crippen LogP contribution in [0.3, 0.4) is 0 Å². The zero-order chi connectivity index (χ0) is 21.6. The van der Waals surface area contributed by atoms with Gasteiger partial charge >= 0.3 is 12.3 Å². The molecule has 1 aromatic carbocycles. The van der Waals surface area contributed by atoms with Crippen LogP contribution in [0, 0.1) is 5.95 Å². The molecule has 2 aliphatic heterocycles. The maximum Gasteiger partial charge on any atom is 0.416 e. The molecule has 0 radical (unpaired) electrons. The van der Waals surface area contributed by atoms with Crippen LogP contribution in [-0.2, 0) is 16.1 Å². The molecule has 3 N–H and O–H groups in total. The molecule has 3 heterocycles. The van der Waals surface area contributed by atoms with Crippen molar-refractivity contribution in [3.8, 4) is 17.1 Å². The first-order valence-corrected chi connectivity index (χ1v) is 8.75. The van der Waals surface area contributed by atoms with Crippen LogP contribution in [0.5, 0.6) is 5.75 Å². The summed E-state index contributed by atoms with van der Waals surface area (Å²) in [6.07, 6.45) is -6.14.